The van der Waals surface area contributed by atoms with Crippen molar-refractivity contribution in [3.8, 4) is 0 Å². The van der Waals surface area contributed by atoms with Gasteiger partial charge in [0.25, 0.3) is 0 Å². The summed E-state index contributed by atoms with van der Waals surface area (Å²) in [5, 5.41) is 122. The third-order valence-corrected chi connectivity index (χ3v) is 14.4. The molecule has 446 valence electrons. The fourth-order valence-electron chi connectivity index (χ4n) is 10.1. The minimum Gasteiger partial charge on any atom is -0.481 e. The Kier molecular flexibility index (Phi) is 28.4. The zero-order valence-electron chi connectivity index (χ0n) is 46.0. The number of ether oxygens (including phenoxy) is 4. The van der Waals surface area contributed by atoms with E-state index in [1.807, 2.05) is 19.9 Å². The summed E-state index contributed by atoms with van der Waals surface area (Å²) in [7, 11) is 1.77. The lowest BCUT2D eigenvalue weighted by atomic mass is 9.82. The first-order chi connectivity index (χ1) is 37.9. The summed E-state index contributed by atoms with van der Waals surface area (Å²) >= 11 is 0. The Morgan fingerprint density at radius 1 is 0.725 bits per heavy atom. The number of nitrogens with two attached hydrogens (primary N) is 1. The van der Waals surface area contributed by atoms with Gasteiger partial charge >= 0.3 is 11.9 Å². The van der Waals surface area contributed by atoms with Crippen LogP contribution in [-0.2, 0) is 33.3 Å². The normalized spacial score (nSPS) is 38.0. The molecule has 80 heavy (non-hydrogen) atoms. The highest BCUT2D eigenvalue weighted by Gasteiger charge is 2.51. The van der Waals surface area contributed by atoms with Crippen LogP contribution in [-0.4, -0.2) is 184 Å². The van der Waals surface area contributed by atoms with Gasteiger partial charge < -0.3 is 86.2 Å². The summed E-state index contributed by atoms with van der Waals surface area (Å²) in [4.78, 5) is 51.7. The molecule has 0 spiro atoms. The Hall–Kier alpha value is -5.08. The molecular formula is C59H86N2O19. The van der Waals surface area contributed by atoms with Crippen LogP contribution in [0.5, 0.6) is 0 Å². The van der Waals surface area contributed by atoms with Gasteiger partial charge in [-0.1, -0.05) is 98.9 Å². The number of rotatable bonds is 11. The number of carboxylic acids is 1. The lowest BCUT2D eigenvalue weighted by Gasteiger charge is -2.45. The number of nitrogens with one attached hydrogen (secondary N) is 1. The van der Waals surface area contributed by atoms with E-state index in [1.54, 1.807) is 104 Å². The van der Waals surface area contributed by atoms with Crippen LogP contribution in [0.25, 0.3) is 0 Å². The van der Waals surface area contributed by atoms with Crippen molar-refractivity contribution in [3.05, 3.63) is 115 Å². The number of hydrogen-bond donors (Lipinski definition) is 13. The highest BCUT2D eigenvalue weighted by molar-refractivity contribution is 5.96. The molecule has 14 unspecified atom stereocenters. The molecule has 0 radical (unpaired) electrons. The second-order valence-electron chi connectivity index (χ2n) is 21.4. The SMILES string of the molecule is CNc1ccc(C(=O)CC(O)CCC(C)C2OC(=O)CC(O)CC(=O)CC(O)CC(O)CC(O)CC(O)CC3(O)CC(O)C(C(=O)O)C(CC(O[C@@H]4O[C@H](C)[C@@H](O)[C@H](N)[C@@H]4O)/C=C/C=C/C=C/C=C\C=C/C=C/C=C/C2C)O3)cc1. The highest BCUT2D eigenvalue weighted by atomic mass is 16.7. The van der Waals surface area contributed by atoms with E-state index in [1.165, 1.54) is 13.0 Å². The number of esters is 1. The van der Waals surface area contributed by atoms with Crippen molar-refractivity contribution >= 4 is 29.2 Å². The average molecular weight is 1130 g/mol. The Morgan fingerprint density at radius 3 is 1.86 bits per heavy atom. The third kappa shape index (κ3) is 23.0. The molecule has 2 fully saturated rings. The van der Waals surface area contributed by atoms with Crippen molar-refractivity contribution < 1.29 is 94.3 Å². The van der Waals surface area contributed by atoms with Crippen molar-refractivity contribution in [1.29, 1.82) is 0 Å². The monoisotopic (exact) mass is 1130 g/mol. The van der Waals surface area contributed by atoms with Gasteiger partial charge in [0.05, 0.1) is 79.6 Å². The molecule has 1 aromatic rings. The molecule has 2 bridgehead atoms. The zero-order chi connectivity index (χ0) is 59.1. The van der Waals surface area contributed by atoms with E-state index in [2.05, 4.69) is 5.32 Å². The Balaban J connectivity index is 1.54. The van der Waals surface area contributed by atoms with E-state index >= 15 is 0 Å². The second kappa shape index (κ2) is 33.7. The van der Waals surface area contributed by atoms with Gasteiger partial charge in [-0.15, -0.1) is 0 Å². The van der Waals surface area contributed by atoms with E-state index in [9.17, 15) is 75.3 Å². The minimum absolute atomic E-state index is 0.106. The van der Waals surface area contributed by atoms with Crippen molar-refractivity contribution in [2.24, 2.45) is 23.5 Å². The molecule has 2 saturated heterocycles. The number of anilines is 1. The van der Waals surface area contributed by atoms with Crippen LogP contribution < -0.4 is 11.1 Å². The molecule has 1 aromatic carbocycles. The molecule has 21 heteroatoms. The standard InChI is InChI=1S/C59H86N2O19/c1-35-17-15-13-11-9-7-5-6-8-10-12-14-16-18-47(78-58-55(73)53(60)54(72)37(3)77-58)32-50-52(57(74)75)49(70)34-59(76,80-50)33-46(68)29-44(66)27-42(64)25-41(63)26-43(65)28-45(67)31-51(71)79-56(35)36(2)19-24-40(62)30-48(69)38-20-22-39(61-4)23-21-38/h5-18,20-23,35-37,40-42,44-47,49-50,52-56,58,61-64,66-68,70,72-73,76H,19,24-34,60H2,1-4H3,(H,74,75)/b6-5-,9-7-,10-8+,13-11+,14-12+,17-15+,18-16+/t35?,36?,37-,40?,41?,42?,44?,45?,46?,47?,49?,50?,52?,53+,54-,55+,56?,58+,59?/m1/s1. The lowest BCUT2D eigenvalue weighted by molar-refractivity contribution is -0.308. The first-order valence-corrected chi connectivity index (χ1v) is 27.4. The maximum absolute atomic E-state index is 13.3. The average Bonchev–Trinajstić information content (AvgIpc) is 3.48. The lowest BCUT2D eigenvalue weighted by Crippen LogP contribution is -2.61. The van der Waals surface area contributed by atoms with Crippen molar-refractivity contribution in [1.82, 2.24) is 0 Å². The first-order valence-electron chi connectivity index (χ1n) is 27.4. The molecular weight excluding hydrogens is 1040 g/mol. The van der Waals surface area contributed by atoms with Gasteiger partial charge in [0.15, 0.2) is 17.9 Å². The Bertz CT molecular complexity index is 2300. The quantitative estimate of drug-likeness (QED) is 0.112. The van der Waals surface area contributed by atoms with Gasteiger partial charge in [-0.25, -0.2) is 0 Å². The number of cyclic esters (lactones) is 1. The maximum atomic E-state index is 13.3. The molecule has 0 aromatic heterocycles. The number of aliphatic hydroxyl groups excluding tert-OH is 9. The largest absolute Gasteiger partial charge is 0.481 e. The number of allylic oxidation sites excluding steroid dienone is 12. The molecule has 0 aliphatic carbocycles. The number of aliphatic carboxylic acids is 1. The molecule has 0 amide bonds. The number of Topliss-reactive ketones (excluding diaryl/α,β-unsaturated/α-hetero) is 2. The smallest absolute Gasteiger partial charge is 0.311 e. The highest BCUT2D eigenvalue weighted by Crippen LogP contribution is 2.38. The molecule has 19 atom stereocenters. The van der Waals surface area contributed by atoms with Crippen molar-refractivity contribution in [2.45, 2.75) is 195 Å². The second-order valence-corrected chi connectivity index (χ2v) is 21.4. The molecule has 14 N–H and O–H groups in total. The van der Waals surface area contributed by atoms with Gasteiger partial charge in [0, 0.05) is 62.7 Å². The molecule has 21 nitrogen and oxygen atoms in total. The van der Waals surface area contributed by atoms with Crippen LogP contribution in [0.4, 0.5) is 5.69 Å². The summed E-state index contributed by atoms with van der Waals surface area (Å²) in [5.41, 5.74) is 7.35. The number of ketones is 2. The summed E-state index contributed by atoms with van der Waals surface area (Å²) in [5.74, 6) is -7.75. The van der Waals surface area contributed by atoms with Crippen LogP contribution in [0, 0.1) is 17.8 Å². The summed E-state index contributed by atoms with van der Waals surface area (Å²) in [6.07, 6.45) is 1.86. The van der Waals surface area contributed by atoms with Crippen molar-refractivity contribution in [2.75, 3.05) is 12.4 Å². The Morgan fingerprint density at radius 2 is 1.27 bits per heavy atom. The zero-order valence-corrected chi connectivity index (χ0v) is 46.0. The van der Waals surface area contributed by atoms with Gasteiger partial charge in [-0.3, -0.25) is 19.2 Å². The molecule has 3 aliphatic rings. The number of aliphatic hydroxyl groups is 10. The first kappa shape index (κ1) is 67.4. The fraction of sp³-hybridized carbons (Fsp3) is 0.593. The van der Waals surface area contributed by atoms with Gasteiger partial charge in [0.2, 0.25) is 0 Å². The van der Waals surface area contributed by atoms with E-state index < -0.39 is 172 Å². The number of hydrogen-bond acceptors (Lipinski definition) is 20. The third-order valence-electron chi connectivity index (χ3n) is 14.4. The predicted molar refractivity (Wildman–Crippen MR) is 295 cm³/mol. The summed E-state index contributed by atoms with van der Waals surface area (Å²) in [6.45, 7) is 5.22. The van der Waals surface area contributed by atoms with Crippen molar-refractivity contribution in [3.63, 3.8) is 0 Å². The topological polar surface area (TPSA) is 366 Å². The summed E-state index contributed by atoms with van der Waals surface area (Å²) < 4.78 is 23.7. The van der Waals surface area contributed by atoms with Gasteiger partial charge in [0.1, 0.15) is 23.9 Å². The van der Waals surface area contributed by atoms with Gasteiger partial charge in [-0.2, -0.15) is 0 Å². The summed E-state index contributed by atoms with van der Waals surface area (Å²) in [6, 6.07) is 5.74. The Labute approximate surface area is 468 Å². The molecule has 3 aliphatic heterocycles. The number of fused-ring (bicyclic) bond motifs is 2. The number of carbonyl (C=O) groups excluding carboxylic acids is 3. The number of carbonyl (C=O) groups is 4. The van der Waals surface area contributed by atoms with E-state index in [0.29, 0.717) is 12.0 Å². The van der Waals surface area contributed by atoms with Crippen LogP contribution in [0.1, 0.15) is 108 Å². The molecule has 4 rings (SSSR count). The van der Waals surface area contributed by atoms with E-state index in [4.69, 9.17) is 24.7 Å². The van der Waals surface area contributed by atoms with Crippen LogP contribution in [0.15, 0.2) is 109 Å². The fourth-order valence-corrected chi connectivity index (χ4v) is 10.1. The van der Waals surface area contributed by atoms with Gasteiger partial charge in [-0.05, 0) is 69.2 Å². The van der Waals surface area contributed by atoms with E-state index in [-0.39, 0.29) is 36.9 Å². The minimum atomic E-state index is -2.34. The van der Waals surface area contributed by atoms with Crippen LogP contribution in [0.3, 0.4) is 0 Å². The number of carboxylic acid groups (broad SMARTS) is 1. The number of benzene rings is 1. The van der Waals surface area contributed by atoms with Crippen LogP contribution >= 0.6 is 0 Å². The molecule has 0 saturated carbocycles. The molecule has 3 heterocycles. The maximum Gasteiger partial charge on any atom is 0.311 e. The van der Waals surface area contributed by atoms with Crippen LogP contribution in [0.2, 0.25) is 0 Å². The van der Waals surface area contributed by atoms with E-state index in [0.717, 1.165) is 5.69 Å². The predicted octanol–water partition coefficient (Wildman–Crippen LogP) is 2.75.